The molecule has 2 aromatic carbocycles. The van der Waals surface area contributed by atoms with E-state index in [4.69, 9.17) is 24.4 Å². The fraction of sp³-hybridized carbons (Fsp3) is 0.286. The van der Waals surface area contributed by atoms with Crippen LogP contribution in [0.2, 0.25) is 0 Å². The van der Waals surface area contributed by atoms with Gasteiger partial charge in [-0.3, -0.25) is 19.2 Å². The lowest BCUT2D eigenvalue weighted by Crippen LogP contribution is -2.13. The molecule has 0 fully saturated rings. The number of fused-ring (bicyclic) bond motifs is 2. The summed E-state index contributed by atoms with van der Waals surface area (Å²) < 4.78 is 18.9. The van der Waals surface area contributed by atoms with E-state index >= 15 is 0 Å². The van der Waals surface area contributed by atoms with E-state index in [1.807, 2.05) is 12.1 Å². The first-order chi connectivity index (χ1) is 18.6. The number of thiophene rings is 2. The number of ketones is 2. The van der Waals surface area contributed by atoms with Crippen LogP contribution >= 0.6 is 22.7 Å². The molecule has 39 heavy (non-hydrogen) atoms. The van der Waals surface area contributed by atoms with Crippen molar-refractivity contribution in [2.75, 3.05) is 20.3 Å². The molecule has 0 saturated carbocycles. The van der Waals surface area contributed by atoms with E-state index in [1.54, 1.807) is 30.3 Å². The van der Waals surface area contributed by atoms with Gasteiger partial charge in [0.25, 0.3) is 0 Å². The van der Waals surface area contributed by atoms with Gasteiger partial charge in [0.05, 0.1) is 29.2 Å². The van der Waals surface area contributed by atoms with Crippen molar-refractivity contribution in [1.29, 1.82) is 0 Å². The molecule has 9 nitrogen and oxygen atoms in total. The second kappa shape index (κ2) is 12.3. The number of methoxy groups -OCH3 is 1. The molecule has 0 aliphatic rings. The Bertz CT molecular complexity index is 1550. The van der Waals surface area contributed by atoms with Crippen LogP contribution in [0.3, 0.4) is 0 Å². The lowest BCUT2D eigenvalue weighted by atomic mass is 10.0. The molecule has 11 heteroatoms. The molecule has 0 amide bonds. The van der Waals surface area contributed by atoms with Gasteiger partial charge in [0.2, 0.25) is 0 Å². The summed E-state index contributed by atoms with van der Waals surface area (Å²) in [6.45, 7) is 1.96. The van der Waals surface area contributed by atoms with E-state index in [0.29, 0.717) is 27.0 Å². The van der Waals surface area contributed by atoms with Crippen LogP contribution in [0.25, 0.3) is 20.2 Å². The smallest absolute Gasteiger partial charge is 0.306 e. The zero-order valence-electron chi connectivity index (χ0n) is 21.2. The largest absolute Gasteiger partial charge is 0.493 e. The Morgan fingerprint density at radius 3 is 2.15 bits per heavy atom. The number of carbonyl (C=O) groups excluding carboxylic acids is 2. The maximum atomic E-state index is 12.5. The quantitative estimate of drug-likeness (QED) is 0.140. The molecule has 204 valence electrons. The third-order valence-corrected chi connectivity index (χ3v) is 8.22. The van der Waals surface area contributed by atoms with Crippen LogP contribution in [-0.4, -0.2) is 54.0 Å². The van der Waals surface area contributed by atoms with Gasteiger partial charge in [0.15, 0.2) is 23.1 Å². The van der Waals surface area contributed by atoms with Crippen LogP contribution in [0.15, 0.2) is 42.5 Å². The molecule has 2 heterocycles. The zero-order chi connectivity index (χ0) is 28.1. The zero-order valence-corrected chi connectivity index (χ0v) is 22.9. The average molecular weight is 571 g/mol. The molecule has 0 spiro atoms. The maximum Gasteiger partial charge on any atom is 0.306 e. The molecule has 2 N–H and O–H groups in total. The highest BCUT2D eigenvalue weighted by Gasteiger charge is 2.20. The van der Waals surface area contributed by atoms with Crippen LogP contribution in [0, 0.1) is 5.92 Å². The van der Waals surface area contributed by atoms with Gasteiger partial charge in [-0.25, -0.2) is 0 Å². The Hall–Kier alpha value is -3.96. The van der Waals surface area contributed by atoms with E-state index in [1.165, 1.54) is 36.7 Å². The van der Waals surface area contributed by atoms with Gasteiger partial charge < -0.3 is 24.4 Å². The molecule has 0 radical (unpaired) electrons. The summed E-state index contributed by atoms with van der Waals surface area (Å²) in [5.41, 5.74) is 0. The molecule has 0 bridgehead atoms. The number of ether oxygens (including phenoxy) is 3. The number of carbonyl (C=O) groups is 4. The monoisotopic (exact) mass is 570 g/mol. The van der Waals surface area contributed by atoms with Gasteiger partial charge >= 0.3 is 11.9 Å². The van der Waals surface area contributed by atoms with Gasteiger partial charge in [-0.2, -0.15) is 0 Å². The lowest BCUT2D eigenvalue weighted by Gasteiger charge is -2.12. The summed E-state index contributed by atoms with van der Waals surface area (Å²) in [6, 6.07) is 12.5. The molecule has 1 atom stereocenters. The highest BCUT2D eigenvalue weighted by Crippen LogP contribution is 2.37. The number of aliphatic carboxylic acids is 2. The first-order valence-corrected chi connectivity index (χ1v) is 13.7. The summed E-state index contributed by atoms with van der Waals surface area (Å²) >= 11 is 2.60. The minimum absolute atomic E-state index is 0.0366. The van der Waals surface area contributed by atoms with Crippen LogP contribution in [0.5, 0.6) is 17.2 Å². The highest BCUT2D eigenvalue weighted by atomic mass is 32.1. The van der Waals surface area contributed by atoms with Gasteiger partial charge in [-0.05, 0) is 47.2 Å². The maximum absolute atomic E-state index is 12.5. The predicted octanol–water partition coefficient (Wildman–Crippen LogP) is 5.92. The SMILES string of the molecule is COc1cc2cc(C(=O)C[C@H](C)C(=O)O)sc2cc1OCCOc1ccc2sc(C(=O)CCC(=O)O)cc2c1. The van der Waals surface area contributed by atoms with Crippen LogP contribution in [0.1, 0.15) is 45.5 Å². The molecule has 4 aromatic rings. The molecular formula is C28H26O9S2. The summed E-state index contributed by atoms with van der Waals surface area (Å²) in [5, 5.41) is 19.5. The number of rotatable bonds is 14. The lowest BCUT2D eigenvalue weighted by molar-refractivity contribution is -0.141. The van der Waals surface area contributed by atoms with Gasteiger partial charge in [-0.15, -0.1) is 22.7 Å². The second-order valence-electron chi connectivity index (χ2n) is 8.84. The Morgan fingerprint density at radius 1 is 0.795 bits per heavy atom. The Kier molecular flexibility index (Phi) is 8.82. The van der Waals surface area contributed by atoms with E-state index in [0.717, 1.165) is 20.2 Å². The minimum atomic E-state index is -1.01. The topological polar surface area (TPSA) is 136 Å². The predicted molar refractivity (Wildman–Crippen MR) is 148 cm³/mol. The Labute approximate surface area is 231 Å². The Morgan fingerprint density at radius 2 is 1.46 bits per heavy atom. The van der Waals surface area contributed by atoms with Crippen LogP contribution < -0.4 is 14.2 Å². The number of hydrogen-bond donors (Lipinski definition) is 2. The van der Waals surface area contributed by atoms with Crippen molar-refractivity contribution < 1.29 is 43.6 Å². The van der Waals surface area contributed by atoms with E-state index in [2.05, 4.69) is 0 Å². The number of benzene rings is 2. The molecule has 4 rings (SSSR count). The first-order valence-electron chi connectivity index (χ1n) is 12.1. The van der Waals surface area contributed by atoms with Gasteiger partial charge in [0, 0.05) is 28.3 Å². The second-order valence-corrected chi connectivity index (χ2v) is 11.0. The van der Waals surface area contributed by atoms with E-state index in [-0.39, 0.29) is 44.0 Å². The van der Waals surface area contributed by atoms with Crippen molar-refractivity contribution in [2.24, 2.45) is 5.92 Å². The molecule has 0 unspecified atom stereocenters. The van der Waals surface area contributed by atoms with Crippen LogP contribution in [-0.2, 0) is 9.59 Å². The fourth-order valence-electron chi connectivity index (χ4n) is 3.83. The Balaban J connectivity index is 1.37. The van der Waals surface area contributed by atoms with Crippen molar-refractivity contribution in [1.82, 2.24) is 0 Å². The summed E-state index contributed by atoms with van der Waals surface area (Å²) in [7, 11) is 1.52. The standard InChI is InChI=1S/C28H26O9S2/c1-15(28(33)34)9-20(30)26-13-17-11-21(35-2)22(14-24(17)39-26)37-8-7-36-18-3-5-23-16(10-18)12-25(38-23)19(29)4-6-27(31)32/h3,5,10-15H,4,6-9H2,1-2H3,(H,31,32)(H,33,34)/t15-/m0/s1. The third-order valence-electron chi connectivity index (χ3n) is 5.93. The molecule has 0 aliphatic carbocycles. The van der Waals surface area contributed by atoms with E-state index < -0.39 is 17.9 Å². The summed E-state index contributed by atoms with van der Waals surface area (Å²) in [5.74, 6) is -1.59. The van der Waals surface area contributed by atoms with Crippen molar-refractivity contribution in [3.8, 4) is 17.2 Å². The highest BCUT2D eigenvalue weighted by molar-refractivity contribution is 7.21. The molecule has 0 saturated heterocycles. The number of hydrogen-bond acceptors (Lipinski definition) is 9. The summed E-state index contributed by atoms with van der Waals surface area (Å²) in [4.78, 5) is 47.6. The minimum Gasteiger partial charge on any atom is -0.493 e. The normalized spacial score (nSPS) is 11.8. The van der Waals surface area contributed by atoms with Crippen molar-refractivity contribution in [3.63, 3.8) is 0 Å². The van der Waals surface area contributed by atoms with Crippen LogP contribution in [0.4, 0.5) is 0 Å². The van der Waals surface area contributed by atoms with E-state index in [9.17, 15) is 19.2 Å². The average Bonchev–Trinajstić information content (AvgIpc) is 3.52. The van der Waals surface area contributed by atoms with Crippen molar-refractivity contribution >= 4 is 66.4 Å². The first kappa shape index (κ1) is 28.1. The number of Topliss-reactive ketones (excluding diaryl/α,β-unsaturated/α-hetero) is 2. The van der Waals surface area contributed by atoms with Gasteiger partial charge in [-0.1, -0.05) is 6.92 Å². The van der Waals surface area contributed by atoms with Crippen molar-refractivity contribution in [2.45, 2.75) is 26.2 Å². The fourth-order valence-corrected chi connectivity index (χ4v) is 5.86. The van der Waals surface area contributed by atoms with Gasteiger partial charge in [0.1, 0.15) is 19.0 Å². The number of carboxylic acids is 2. The third kappa shape index (κ3) is 6.92. The summed E-state index contributed by atoms with van der Waals surface area (Å²) in [6.07, 6.45) is -0.304. The number of carboxylic acid groups (broad SMARTS) is 2. The van der Waals surface area contributed by atoms with Crippen molar-refractivity contribution in [3.05, 3.63) is 52.2 Å². The molecule has 2 aromatic heterocycles. The molecular weight excluding hydrogens is 544 g/mol. The molecule has 0 aliphatic heterocycles.